The van der Waals surface area contributed by atoms with Crippen LogP contribution in [-0.4, -0.2) is 39.9 Å². The van der Waals surface area contributed by atoms with Gasteiger partial charge in [0.2, 0.25) is 0 Å². The average Bonchev–Trinajstić information content (AvgIpc) is 2.84. The highest BCUT2D eigenvalue weighted by Crippen LogP contribution is 2.17. The molecule has 1 heterocycles. The molecule has 2 rings (SSSR count). The lowest BCUT2D eigenvalue weighted by Crippen LogP contribution is -2.46. The lowest BCUT2D eigenvalue weighted by molar-refractivity contribution is 0.0465. The number of rotatable bonds is 5. The number of fused-ring (bicyclic) bond motifs is 1. The number of aromatic nitrogens is 2. The van der Waals surface area contributed by atoms with Crippen molar-refractivity contribution in [1.29, 1.82) is 0 Å². The summed E-state index contributed by atoms with van der Waals surface area (Å²) < 4.78 is 11.6. The Morgan fingerprint density at radius 3 is 2.44 bits per heavy atom. The zero-order valence-electron chi connectivity index (χ0n) is 16.6. The Morgan fingerprint density at radius 2 is 1.85 bits per heavy atom. The Kier molecular flexibility index (Phi) is 5.67. The molecular weight excluding hydrogens is 350 g/mol. The minimum absolute atomic E-state index is 0.278. The normalized spacial score (nSPS) is 12.1. The molecule has 0 atom stereocenters. The van der Waals surface area contributed by atoms with Crippen molar-refractivity contribution >= 4 is 23.1 Å². The summed E-state index contributed by atoms with van der Waals surface area (Å²) in [5, 5.41) is 2.83. The van der Waals surface area contributed by atoms with E-state index in [-0.39, 0.29) is 5.69 Å². The molecule has 1 aromatic carbocycles. The number of hydrogen-bond acceptors (Lipinski definition) is 5. The Hall–Kier alpha value is -2.77. The first kappa shape index (κ1) is 20.5. The van der Waals surface area contributed by atoms with Crippen LogP contribution in [0, 0.1) is 0 Å². The van der Waals surface area contributed by atoms with Gasteiger partial charge < -0.3 is 19.8 Å². The Balaban J connectivity index is 2.14. The third-order valence-corrected chi connectivity index (χ3v) is 3.99. The van der Waals surface area contributed by atoms with Crippen molar-refractivity contribution in [2.24, 2.45) is 0 Å². The number of amides is 1. The summed E-state index contributed by atoms with van der Waals surface area (Å²) in [5.41, 5.74) is 0.176. The Morgan fingerprint density at radius 1 is 1.19 bits per heavy atom. The molecule has 1 aromatic heterocycles. The van der Waals surface area contributed by atoms with E-state index in [1.54, 1.807) is 43.5 Å². The van der Waals surface area contributed by atoms with Crippen LogP contribution in [-0.2, 0) is 16.0 Å². The van der Waals surface area contributed by atoms with Gasteiger partial charge >= 0.3 is 17.8 Å². The van der Waals surface area contributed by atoms with E-state index in [0.717, 1.165) is 0 Å². The lowest BCUT2D eigenvalue weighted by atomic mass is 10.0. The quantitative estimate of drug-likeness (QED) is 0.780. The van der Waals surface area contributed by atoms with E-state index in [1.807, 2.05) is 13.8 Å². The van der Waals surface area contributed by atoms with E-state index >= 15 is 0 Å². The molecule has 0 spiro atoms. The maximum absolute atomic E-state index is 12.3. The lowest BCUT2D eigenvalue weighted by Gasteiger charge is -2.28. The SMILES string of the molecule is COC(=O)c1ccc2c(c1)[nH]c(=O)n2CCC(C)(C)NC(=O)OC(C)(C)C. The molecule has 0 saturated heterocycles. The molecule has 0 saturated carbocycles. The molecule has 0 radical (unpaired) electrons. The molecule has 1 amide bonds. The fraction of sp³-hybridized carbons (Fsp3) is 0.526. The third kappa shape index (κ3) is 5.35. The number of aryl methyl sites for hydroxylation is 1. The third-order valence-electron chi connectivity index (χ3n) is 3.99. The second kappa shape index (κ2) is 7.46. The van der Waals surface area contributed by atoms with Crippen molar-refractivity contribution in [3.63, 3.8) is 0 Å². The highest BCUT2D eigenvalue weighted by Gasteiger charge is 2.25. The second-order valence-corrected chi connectivity index (χ2v) is 8.07. The molecule has 0 aliphatic heterocycles. The van der Waals surface area contributed by atoms with Gasteiger partial charge in [-0.2, -0.15) is 0 Å². The van der Waals surface area contributed by atoms with Crippen LogP contribution in [0.5, 0.6) is 0 Å². The number of hydrogen-bond donors (Lipinski definition) is 2. The predicted octanol–water partition coefficient (Wildman–Crippen LogP) is 2.81. The summed E-state index contributed by atoms with van der Waals surface area (Å²) in [6, 6.07) is 4.90. The molecular formula is C19H27N3O5. The van der Waals surface area contributed by atoms with Gasteiger partial charge in [-0.05, 0) is 59.2 Å². The number of nitrogens with zero attached hydrogens (tertiary/aromatic N) is 1. The van der Waals surface area contributed by atoms with Gasteiger partial charge in [0.15, 0.2) is 0 Å². The number of nitrogens with one attached hydrogen (secondary N) is 2. The standard InChI is InChI=1S/C19H27N3O5/c1-18(2,3)27-17(25)21-19(4,5)9-10-22-14-8-7-12(15(23)26-6)11-13(14)20-16(22)24/h7-8,11H,9-10H2,1-6H3,(H,20,24)(H,21,25). The number of H-pyrrole nitrogens is 1. The number of benzene rings is 1. The number of alkyl carbamates (subject to hydrolysis) is 1. The van der Waals surface area contributed by atoms with Crippen LogP contribution in [0.4, 0.5) is 4.79 Å². The number of ether oxygens (including phenoxy) is 2. The molecule has 8 nitrogen and oxygen atoms in total. The molecule has 0 aliphatic carbocycles. The molecule has 0 unspecified atom stereocenters. The van der Waals surface area contributed by atoms with Gasteiger partial charge in [-0.25, -0.2) is 14.4 Å². The average molecular weight is 377 g/mol. The van der Waals surface area contributed by atoms with Crippen LogP contribution in [0.25, 0.3) is 11.0 Å². The molecule has 0 bridgehead atoms. The fourth-order valence-electron chi connectivity index (χ4n) is 2.66. The topological polar surface area (TPSA) is 102 Å². The van der Waals surface area contributed by atoms with Crippen LogP contribution in [0.2, 0.25) is 0 Å². The van der Waals surface area contributed by atoms with Crippen LogP contribution in [0.3, 0.4) is 0 Å². The van der Waals surface area contributed by atoms with Crippen LogP contribution in [0.1, 0.15) is 51.4 Å². The van der Waals surface area contributed by atoms with Crippen molar-refractivity contribution in [2.75, 3.05) is 7.11 Å². The zero-order chi connectivity index (χ0) is 20.4. The number of esters is 1. The highest BCUT2D eigenvalue weighted by atomic mass is 16.6. The van der Waals surface area contributed by atoms with Gasteiger partial charge in [-0.3, -0.25) is 4.57 Å². The van der Waals surface area contributed by atoms with Crippen molar-refractivity contribution < 1.29 is 19.1 Å². The summed E-state index contributed by atoms with van der Waals surface area (Å²) in [6.45, 7) is 9.52. The first-order valence-corrected chi connectivity index (χ1v) is 8.74. The summed E-state index contributed by atoms with van der Waals surface area (Å²) in [4.78, 5) is 38.7. The van der Waals surface area contributed by atoms with Gasteiger partial charge in [-0.1, -0.05) is 0 Å². The smallest absolute Gasteiger partial charge is 0.408 e. The minimum Gasteiger partial charge on any atom is -0.465 e. The zero-order valence-corrected chi connectivity index (χ0v) is 16.6. The van der Waals surface area contributed by atoms with Crippen LogP contribution >= 0.6 is 0 Å². The van der Waals surface area contributed by atoms with Gasteiger partial charge in [0.1, 0.15) is 5.60 Å². The Bertz CT molecular complexity index is 902. The number of carbonyl (C=O) groups is 2. The highest BCUT2D eigenvalue weighted by molar-refractivity contribution is 5.93. The molecule has 2 aromatic rings. The largest absolute Gasteiger partial charge is 0.465 e. The fourth-order valence-corrected chi connectivity index (χ4v) is 2.66. The summed E-state index contributed by atoms with van der Waals surface area (Å²) >= 11 is 0. The van der Waals surface area contributed by atoms with E-state index in [0.29, 0.717) is 29.6 Å². The molecule has 148 valence electrons. The van der Waals surface area contributed by atoms with E-state index in [4.69, 9.17) is 9.47 Å². The van der Waals surface area contributed by atoms with E-state index in [9.17, 15) is 14.4 Å². The molecule has 27 heavy (non-hydrogen) atoms. The van der Waals surface area contributed by atoms with Gasteiger partial charge in [0.05, 0.1) is 23.7 Å². The molecule has 8 heteroatoms. The summed E-state index contributed by atoms with van der Waals surface area (Å²) in [7, 11) is 1.31. The summed E-state index contributed by atoms with van der Waals surface area (Å²) in [6.07, 6.45) is 0.0131. The molecule has 2 N–H and O–H groups in total. The maximum atomic E-state index is 12.3. The Labute approximate surface area is 157 Å². The van der Waals surface area contributed by atoms with E-state index in [1.165, 1.54) is 7.11 Å². The maximum Gasteiger partial charge on any atom is 0.408 e. The predicted molar refractivity (Wildman–Crippen MR) is 102 cm³/mol. The first-order chi connectivity index (χ1) is 12.4. The number of carbonyl (C=O) groups excluding carboxylic acids is 2. The van der Waals surface area contributed by atoms with Crippen molar-refractivity contribution in [3.05, 3.63) is 34.2 Å². The molecule has 0 fully saturated rings. The number of imidazole rings is 1. The first-order valence-electron chi connectivity index (χ1n) is 8.74. The van der Waals surface area contributed by atoms with Crippen molar-refractivity contribution in [3.8, 4) is 0 Å². The summed E-state index contributed by atoms with van der Waals surface area (Å²) in [5.74, 6) is -0.465. The van der Waals surface area contributed by atoms with Crippen molar-refractivity contribution in [2.45, 2.75) is 58.7 Å². The van der Waals surface area contributed by atoms with Gasteiger partial charge in [0.25, 0.3) is 0 Å². The van der Waals surface area contributed by atoms with Crippen molar-refractivity contribution in [1.82, 2.24) is 14.9 Å². The molecule has 0 aliphatic rings. The van der Waals surface area contributed by atoms with E-state index in [2.05, 4.69) is 10.3 Å². The minimum atomic E-state index is -0.578. The van der Waals surface area contributed by atoms with Crippen LogP contribution < -0.4 is 11.0 Å². The van der Waals surface area contributed by atoms with E-state index < -0.39 is 23.2 Å². The van der Waals surface area contributed by atoms with Crippen LogP contribution in [0.15, 0.2) is 23.0 Å². The second-order valence-electron chi connectivity index (χ2n) is 8.07. The van der Waals surface area contributed by atoms with Gasteiger partial charge in [0, 0.05) is 12.1 Å². The number of aromatic amines is 1. The monoisotopic (exact) mass is 377 g/mol. The van der Waals surface area contributed by atoms with Gasteiger partial charge in [-0.15, -0.1) is 0 Å². The number of methoxy groups -OCH3 is 1.